The van der Waals surface area contributed by atoms with Gasteiger partial charge in [-0.1, -0.05) is 18.2 Å². The van der Waals surface area contributed by atoms with Crippen LogP contribution in [0.5, 0.6) is 0 Å². The Hall–Kier alpha value is -3.25. The first-order valence-corrected chi connectivity index (χ1v) is 9.49. The Morgan fingerprint density at radius 1 is 0.929 bits per heavy atom. The van der Waals surface area contributed by atoms with E-state index in [-0.39, 0.29) is 6.04 Å². The van der Waals surface area contributed by atoms with Crippen LogP contribution in [0, 0.1) is 5.92 Å². The Kier molecular flexibility index (Phi) is 4.47. The Morgan fingerprint density at radius 2 is 1.79 bits per heavy atom. The summed E-state index contributed by atoms with van der Waals surface area (Å²) in [5.74, 6) is 1.31. The molecule has 5 rings (SSSR count). The quantitative estimate of drug-likeness (QED) is 0.538. The fourth-order valence-corrected chi connectivity index (χ4v) is 3.94. The molecule has 0 bridgehead atoms. The number of aromatic nitrogens is 5. The monoisotopic (exact) mass is 371 g/mol. The van der Waals surface area contributed by atoms with Crippen molar-refractivity contribution in [1.82, 2.24) is 24.3 Å². The van der Waals surface area contributed by atoms with Crippen molar-refractivity contribution in [3.63, 3.8) is 0 Å². The zero-order chi connectivity index (χ0) is 18.8. The largest absolute Gasteiger partial charge is 0.379 e. The minimum absolute atomic E-state index is 0.241. The lowest BCUT2D eigenvalue weighted by Gasteiger charge is -2.21. The number of benzene rings is 1. The second kappa shape index (κ2) is 7.40. The van der Waals surface area contributed by atoms with E-state index in [4.69, 9.17) is 4.74 Å². The second-order valence-electron chi connectivity index (χ2n) is 7.05. The Balaban J connectivity index is 1.48. The summed E-state index contributed by atoms with van der Waals surface area (Å²) in [6.07, 6.45) is 10.4. The predicted molar refractivity (Wildman–Crippen MR) is 106 cm³/mol. The lowest BCUT2D eigenvalue weighted by atomic mass is 9.95. The van der Waals surface area contributed by atoms with E-state index in [0.29, 0.717) is 12.5 Å². The van der Waals surface area contributed by atoms with Crippen molar-refractivity contribution in [2.75, 3.05) is 13.2 Å². The highest BCUT2D eigenvalue weighted by Crippen LogP contribution is 2.33. The third-order valence-electron chi connectivity index (χ3n) is 5.31. The molecule has 140 valence electrons. The van der Waals surface area contributed by atoms with Crippen molar-refractivity contribution in [3.8, 4) is 17.2 Å². The van der Waals surface area contributed by atoms with Crippen LogP contribution in [-0.4, -0.2) is 37.5 Å². The molecule has 1 aliphatic heterocycles. The van der Waals surface area contributed by atoms with Gasteiger partial charge in [0, 0.05) is 30.7 Å². The van der Waals surface area contributed by atoms with E-state index in [2.05, 4.69) is 50.1 Å². The molecule has 28 heavy (non-hydrogen) atoms. The minimum atomic E-state index is 0.241. The lowest BCUT2D eigenvalue weighted by Crippen LogP contribution is -2.20. The molecule has 0 radical (unpaired) electrons. The smallest absolute Gasteiger partial charge is 0.159 e. The summed E-state index contributed by atoms with van der Waals surface area (Å²) < 4.78 is 10.0. The minimum Gasteiger partial charge on any atom is -0.379 e. The summed E-state index contributed by atoms with van der Waals surface area (Å²) in [4.78, 5) is 8.79. The van der Waals surface area contributed by atoms with Crippen molar-refractivity contribution in [1.29, 1.82) is 0 Å². The Bertz CT molecular complexity index is 1040. The fourth-order valence-electron chi connectivity index (χ4n) is 3.94. The van der Waals surface area contributed by atoms with Crippen molar-refractivity contribution in [2.24, 2.45) is 5.92 Å². The fraction of sp³-hybridized carbons (Fsp3) is 0.227. The summed E-state index contributed by atoms with van der Waals surface area (Å²) in [6.45, 7) is 1.45. The predicted octanol–water partition coefficient (Wildman–Crippen LogP) is 3.56. The molecule has 2 atom stereocenters. The number of nitrogens with zero attached hydrogens (tertiary/aromatic N) is 5. The molecule has 0 N–H and O–H groups in total. The average molecular weight is 371 g/mol. The third-order valence-corrected chi connectivity index (χ3v) is 5.31. The highest BCUT2D eigenvalue weighted by atomic mass is 16.5. The molecule has 0 saturated carbocycles. The summed E-state index contributed by atoms with van der Waals surface area (Å²) in [6, 6.07) is 16.6. The molecule has 4 aromatic rings. The number of pyridine rings is 1. The van der Waals surface area contributed by atoms with Crippen LogP contribution >= 0.6 is 0 Å². The molecule has 6 heteroatoms. The van der Waals surface area contributed by atoms with E-state index in [9.17, 15) is 0 Å². The molecule has 0 spiro atoms. The molecular weight excluding hydrogens is 350 g/mol. The Labute approximate surface area is 163 Å². The van der Waals surface area contributed by atoms with Crippen LogP contribution in [0.25, 0.3) is 17.2 Å². The summed E-state index contributed by atoms with van der Waals surface area (Å²) in [7, 11) is 0. The normalized spacial score (nSPS) is 19.1. The van der Waals surface area contributed by atoms with Crippen LogP contribution < -0.4 is 0 Å². The van der Waals surface area contributed by atoms with Gasteiger partial charge >= 0.3 is 0 Å². The maximum Gasteiger partial charge on any atom is 0.159 e. The summed E-state index contributed by atoms with van der Waals surface area (Å²) in [5.41, 5.74) is 3.28. The molecule has 0 unspecified atom stereocenters. The van der Waals surface area contributed by atoms with Gasteiger partial charge in [-0.15, -0.1) is 0 Å². The number of hydrogen-bond donors (Lipinski definition) is 0. The topological polar surface area (TPSA) is 57.8 Å². The van der Waals surface area contributed by atoms with Gasteiger partial charge < -0.3 is 9.30 Å². The van der Waals surface area contributed by atoms with Gasteiger partial charge in [0.2, 0.25) is 0 Å². The van der Waals surface area contributed by atoms with Gasteiger partial charge in [0.05, 0.1) is 31.1 Å². The van der Waals surface area contributed by atoms with Crippen LogP contribution in [0.3, 0.4) is 0 Å². The summed E-state index contributed by atoms with van der Waals surface area (Å²) >= 11 is 0. The van der Waals surface area contributed by atoms with Gasteiger partial charge in [0.1, 0.15) is 5.69 Å². The van der Waals surface area contributed by atoms with Gasteiger partial charge in [-0.05, 0) is 42.3 Å². The molecule has 0 amide bonds. The zero-order valence-electron chi connectivity index (χ0n) is 15.4. The molecule has 1 fully saturated rings. The van der Waals surface area contributed by atoms with Crippen LogP contribution in [0.4, 0.5) is 0 Å². The maximum absolute atomic E-state index is 5.87. The number of rotatable bonds is 5. The maximum atomic E-state index is 5.87. The van der Waals surface area contributed by atoms with Crippen molar-refractivity contribution in [3.05, 3.63) is 85.1 Å². The second-order valence-corrected chi connectivity index (χ2v) is 7.05. The van der Waals surface area contributed by atoms with E-state index < -0.39 is 0 Å². The van der Waals surface area contributed by atoms with E-state index in [0.717, 1.165) is 30.2 Å². The van der Waals surface area contributed by atoms with E-state index in [1.165, 1.54) is 5.56 Å². The molecule has 4 heterocycles. The first kappa shape index (κ1) is 16.9. The van der Waals surface area contributed by atoms with Crippen LogP contribution in [0.1, 0.15) is 11.6 Å². The molecule has 0 aliphatic carbocycles. The molecule has 1 saturated heterocycles. The van der Waals surface area contributed by atoms with Crippen molar-refractivity contribution in [2.45, 2.75) is 12.5 Å². The molecule has 1 aromatic carbocycles. The first-order chi connectivity index (χ1) is 13.9. The number of hydrogen-bond acceptors (Lipinski definition) is 4. The average Bonchev–Trinajstić information content (AvgIpc) is 3.49. The van der Waals surface area contributed by atoms with Gasteiger partial charge in [0.25, 0.3) is 0 Å². The number of ether oxygens (including phenoxy) is 1. The van der Waals surface area contributed by atoms with Crippen molar-refractivity contribution < 1.29 is 4.74 Å². The van der Waals surface area contributed by atoms with E-state index in [1.807, 2.05) is 53.7 Å². The first-order valence-electron chi connectivity index (χ1n) is 9.49. The molecular formula is C22H21N5O. The van der Waals surface area contributed by atoms with Crippen LogP contribution in [0.15, 0.2) is 79.5 Å². The van der Waals surface area contributed by atoms with Gasteiger partial charge in [0.15, 0.2) is 5.82 Å². The van der Waals surface area contributed by atoms with Gasteiger partial charge in [-0.3, -0.25) is 4.98 Å². The van der Waals surface area contributed by atoms with Crippen LogP contribution in [-0.2, 0) is 11.2 Å². The third kappa shape index (κ3) is 3.12. The highest BCUT2D eigenvalue weighted by molar-refractivity contribution is 5.54. The summed E-state index contributed by atoms with van der Waals surface area (Å²) in [5, 5.41) is 4.52. The van der Waals surface area contributed by atoms with E-state index >= 15 is 0 Å². The van der Waals surface area contributed by atoms with Gasteiger partial charge in [-0.2, -0.15) is 5.10 Å². The number of imidazole rings is 1. The van der Waals surface area contributed by atoms with E-state index in [1.54, 1.807) is 0 Å². The Morgan fingerprint density at radius 3 is 2.64 bits per heavy atom. The number of para-hydroxylation sites is 1. The molecule has 3 aromatic heterocycles. The van der Waals surface area contributed by atoms with Crippen molar-refractivity contribution >= 4 is 0 Å². The van der Waals surface area contributed by atoms with Gasteiger partial charge in [-0.25, -0.2) is 9.67 Å². The highest BCUT2D eigenvalue weighted by Gasteiger charge is 2.31. The molecule has 1 aliphatic rings. The SMILES string of the molecule is c1ccc(-n2nccc2-c2nccn2[C@@H]2COC[C@@H]2Cc2ccncc2)cc1. The standard InChI is InChI=1S/C22H21N5O/c1-2-4-19(5-3-1)27-20(8-11-25-27)22-24-12-13-26(22)21-16-28-15-18(21)14-17-6-9-23-10-7-17/h1-13,18,21H,14-16H2/t18-,21+/m0/s1. The van der Waals surface area contributed by atoms with Crippen LogP contribution in [0.2, 0.25) is 0 Å². The lowest BCUT2D eigenvalue weighted by molar-refractivity contribution is 0.181. The zero-order valence-corrected chi connectivity index (χ0v) is 15.4. The molecule has 6 nitrogen and oxygen atoms in total.